The summed E-state index contributed by atoms with van der Waals surface area (Å²) in [7, 11) is 0. The van der Waals surface area contributed by atoms with Crippen molar-refractivity contribution in [3.63, 3.8) is 0 Å². The van der Waals surface area contributed by atoms with Crippen LogP contribution in [0.5, 0.6) is 5.75 Å². The van der Waals surface area contributed by atoms with E-state index in [-0.39, 0.29) is 5.91 Å². The Kier molecular flexibility index (Phi) is 1.70. The quantitative estimate of drug-likeness (QED) is 0.664. The lowest BCUT2D eigenvalue weighted by atomic mass is 10.1. The van der Waals surface area contributed by atoms with E-state index in [1.165, 1.54) is 0 Å². The minimum absolute atomic E-state index is 0.192. The molecule has 14 heavy (non-hydrogen) atoms. The molecule has 1 aromatic heterocycles. The predicted octanol–water partition coefficient (Wildman–Crippen LogP) is 0.895. The van der Waals surface area contributed by atoms with Crippen LogP contribution in [0.2, 0.25) is 0 Å². The number of fused-ring (bicyclic) bond motifs is 1. The fraction of sp³-hybridized carbons (Fsp3) is 0.444. The van der Waals surface area contributed by atoms with Crippen LogP contribution in [0, 0.1) is 6.92 Å². The third kappa shape index (κ3) is 1.30. The monoisotopic (exact) mass is 193 g/mol. The number of aryl methyl sites for hydroxylation is 1. The number of carbonyl (C=O) groups excluding carboxylic acids is 1. The first-order chi connectivity index (χ1) is 6.49. The Hall–Kier alpha value is -1.65. The Labute approximate surface area is 81.5 Å². The minimum Gasteiger partial charge on any atom is -0.472 e. The van der Waals surface area contributed by atoms with Gasteiger partial charge in [-0.05, 0) is 20.8 Å². The average molecular weight is 193 g/mol. The van der Waals surface area contributed by atoms with Gasteiger partial charge in [-0.1, -0.05) is 0 Å². The van der Waals surface area contributed by atoms with Crippen LogP contribution in [0.15, 0.2) is 6.20 Å². The number of nitrogens with zero attached hydrogens (tertiary/aromatic N) is 2. The lowest BCUT2D eigenvalue weighted by Gasteiger charge is -2.30. The molecule has 1 aliphatic rings. The summed E-state index contributed by atoms with van der Waals surface area (Å²) in [6.07, 6.45) is 1.57. The van der Waals surface area contributed by atoms with Crippen molar-refractivity contribution in [2.24, 2.45) is 0 Å². The molecule has 74 valence electrons. The number of rotatable bonds is 0. The smallest absolute Gasteiger partial charge is 0.269 e. The third-order valence-corrected chi connectivity index (χ3v) is 2.02. The largest absolute Gasteiger partial charge is 0.472 e. The molecule has 0 fully saturated rings. The molecule has 2 rings (SSSR count). The molecule has 2 heterocycles. The second-order valence-electron chi connectivity index (χ2n) is 3.70. The van der Waals surface area contributed by atoms with Gasteiger partial charge in [0, 0.05) is 0 Å². The summed E-state index contributed by atoms with van der Waals surface area (Å²) >= 11 is 0. The maximum Gasteiger partial charge on any atom is 0.269 e. The highest BCUT2D eigenvalue weighted by atomic mass is 16.5. The molecule has 0 spiro atoms. The molecule has 5 heteroatoms. The fourth-order valence-corrected chi connectivity index (χ4v) is 1.20. The Bertz CT molecular complexity index is 401. The number of carbonyl (C=O) groups is 1. The lowest BCUT2D eigenvalue weighted by Crippen LogP contribution is -2.46. The standard InChI is InChI=1S/C9H11N3O2/c1-5-10-4-6-7(11-5)12-8(13)9(2,3)14-6/h4H,1-3H3,(H,10,11,12,13). The topological polar surface area (TPSA) is 64.1 Å². The van der Waals surface area contributed by atoms with Crippen LogP contribution in [0.4, 0.5) is 5.82 Å². The lowest BCUT2D eigenvalue weighted by molar-refractivity contribution is -0.129. The molecule has 0 aliphatic carbocycles. The number of amides is 1. The van der Waals surface area contributed by atoms with Crippen LogP contribution in [-0.2, 0) is 4.79 Å². The van der Waals surface area contributed by atoms with E-state index >= 15 is 0 Å². The van der Waals surface area contributed by atoms with E-state index in [0.29, 0.717) is 17.4 Å². The maximum atomic E-state index is 11.5. The Morgan fingerprint density at radius 1 is 1.50 bits per heavy atom. The van der Waals surface area contributed by atoms with Crippen molar-refractivity contribution in [3.8, 4) is 5.75 Å². The van der Waals surface area contributed by atoms with Gasteiger partial charge < -0.3 is 10.1 Å². The zero-order valence-electron chi connectivity index (χ0n) is 8.29. The summed E-state index contributed by atoms with van der Waals surface area (Å²) in [5, 5.41) is 2.68. The van der Waals surface area contributed by atoms with Gasteiger partial charge in [0.05, 0.1) is 6.20 Å². The molecule has 1 aromatic rings. The molecule has 0 atom stereocenters. The van der Waals surface area contributed by atoms with Crippen molar-refractivity contribution < 1.29 is 9.53 Å². The highest BCUT2D eigenvalue weighted by Crippen LogP contribution is 2.30. The van der Waals surface area contributed by atoms with E-state index in [0.717, 1.165) is 0 Å². The molecular weight excluding hydrogens is 182 g/mol. The number of hydrogen-bond acceptors (Lipinski definition) is 4. The summed E-state index contributed by atoms with van der Waals surface area (Å²) < 4.78 is 5.45. The summed E-state index contributed by atoms with van der Waals surface area (Å²) in [5.41, 5.74) is -0.856. The molecule has 0 saturated carbocycles. The maximum absolute atomic E-state index is 11.5. The van der Waals surface area contributed by atoms with Crippen molar-refractivity contribution >= 4 is 11.7 Å². The molecule has 1 aliphatic heterocycles. The second kappa shape index (κ2) is 2.67. The van der Waals surface area contributed by atoms with Gasteiger partial charge in [-0.3, -0.25) is 4.79 Å². The van der Waals surface area contributed by atoms with E-state index in [1.54, 1.807) is 27.0 Å². The van der Waals surface area contributed by atoms with E-state index < -0.39 is 5.60 Å². The third-order valence-electron chi connectivity index (χ3n) is 2.02. The molecule has 0 bridgehead atoms. The van der Waals surface area contributed by atoms with Crippen LogP contribution in [-0.4, -0.2) is 21.5 Å². The molecule has 0 aromatic carbocycles. The van der Waals surface area contributed by atoms with E-state index in [2.05, 4.69) is 15.3 Å². The highest BCUT2D eigenvalue weighted by molar-refractivity contribution is 5.99. The SMILES string of the molecule is Cc1ncc2c(n1)NC(=O)C(C)(C)O2. The van der Waals surface area contributed by atoms with E-state index in [4.69, 9.17) is 4.74 Å². The van der Waals surface area contributed by atoms with Crippen LogP contribution < -0.4 is 10.1 Å². The number of ether oxygens (including phenoxy) is 1. The average Bonchev–Trinajstić information content (AvgIpc) is 2.08. The first-order valence-corrected chi connectivity index (χ1v) is 4.33. The molecule has 0 saturated heterocycles. The zero-order chi connectivity index (χ0) is 10.3. The highest BCUT2D eigenvalue weighted by Gasteiger charge is 2.36. The first-order valence-electron chi connectivity index (χ1n) is 4.33. The molecule has 0 radical (unpaired) electrons. The minimum atomic E-state index is -0.856. The summed E-state index contributed by atoms with van der Waals surface area (Å²) in [5.74, 6) is 1.37. The van der Waals surface area contributed by atoms with Gasteiger partial charge in [-0.15, -0.1) is 0 Å². The summed E-state index contributed by atoms with van der Waals surface area (Å²) in [6.45, 7) is 5.16. The van der Waals surface area contributed by atoms with E-state index in [9.17, 15) is 4.79 Å². The van der Waals surface area contributed by atoms with Crippen LogP contribution >= 0.6 is 0 Å². The number of hydrogen-bond donors (Lipinski definition) is 1. The fourth-order valence-electron chi connectivity index (χ4n) is 1.20. The van der Waals surface area contributed by atoms with Crippen LogP contribution in [0.1, 0.15) is 19.7 Å². The van der Waals surface area contributed by atoms with Crippen molar-refractivity contribution in [1.29, 1.82) is 0 Å². The zero-order valence-corrected chi connectivity index (χ0v) is 8.29. The van der Waals surface area contributed by atoms with Gasteiger partial charge in [0.1, 0.15) is 5.82 Å². The Morgan fingerprint density at radius 2 is 2.21 bits per heavy atom. The van der Waals surface area contributed by atoms with Crippen molar-refractivity contribution in [2.45, 2.75) is 26.4 Å². The summed E-state index contributed by atoms with van der Waals surface area (Å²) in [4.78, 5) is 19.6. The molecule has 0 unspecified atom stereocenters. The van der Waals surface area contributed by atoms with Crippen LogP contribution in [0.3, 0.4) is 0 Å². The first kappa shape index (κ1) is 8.93. The van der Waals surface area contributed by atoms with Crippen molar-refractivity contribution in [3.05, 3.63) is 12.0 Å². The predicted molar refractivity (Wildman–Crippen MR) is 50.1 cm³/mol. The Morgan fingerprint density at radius 3 is 2.93 bits per heavy atom. The normalized spacial score (nSPS) is 18.1. The van der Waals surface area contributed by atoms with Crippen LogP contribution in [0.25, 0.3) is 0 Å². The van der Waals surface area contributed by atoms with Gasteiger partial charge in [-0.25, -0.2) is 9.97 Å². The number of nitrogens with one attached hydrogen (secondary N) is 1. The van der Waals surface area contributed by atoms with Gasteiger partial charge >= 0.3 is 0 Å². The molecule has 5 nitrogen and oxygen atoms in total. The van der Waals surface area contributed by atoms with Gasteiger partial charge in [0.2, 0.25) is 0 Å². The van der Waals surface area contributed by atoms with Gasteiger partial charge in [0.15, 0.2) is 17.2 Å². The second-order valence-corrected chi connectivity index (χ2v) is 3.70. The van der Waals surface area contributed by atoms with E-state index in [1.807, 2.05) is 0 Å². The van der Waals surface area contributed by atoms with Gasteiger partial charge in [0.25, 0.3) is 5.91 Å². The molecule has 1 amide bonds. The molecule has 1 N–H and O–H groups in total. The molecular formula is C9H11N3O2. The van der Waals surface area contributed by atoms with Gasteiger partial charge in [-0.2, -0.15) is 0 Å². The van der Waals surface area contributed by atoms with Crippen molar-refractivity contribution in [1.82, 2.24) is 9.97 Å². The Balaban J connectivity index is 2.46. The number of aromatic nitrogens is 2. The van der Waals surface area contributed by atoms with Crippen molar-refractivity contribution in [2.75, 3.05) is 5.32 Å². The summed E-state index contributed by atoms with van der Waals surface area (Å²) in [6, 6.07) is 0. The number of anilines is 1.